The van der Waals surface area contributed by atoms with E-state index in [0.29, 0.717) is 17.7 Å². The van der Waals surface area contributed by atoms with Crippen LogP contribution in [-0.2, 0) is 16.4 Å². The quantitative estimate of drug-likeness (QED) is 0.765. The van der Waals surface area contributed by atoms with Crippen molar-refractivity contribution in [2.45, 2.75) is 19.9 Å². The van der Waals surface area contributed by atoms with Crippen LogP contribution in [0.5, 0.6) is 5.75 Å². The molecular weight excluding hydrogens is 257 g/mol. The van der Waals surface area contributed by atoms with E-state index in [1.165, 1.54) is 12.1 Å². The summed E-state index contributed by atoms with van der Waals surface area (Å²) in [5.74, 6) is 0.181. The van der Waals surface area contributed by atoms with Gasteiger partial charge in [-0.1, -0.05) is 13.0 Å². The topological polar surface area (TPSA) is 69.4 Å². The predicted octanol–water partition coefficient (Wildman–Crippen LogP) is 1.49. The summed E-state index contributed by atoms with van der Waals surface area (Å²) in [6, 6.07) is 4.48. The van der Waals surface area contributed by atoms with Crippen molar-refractivity contribution in [3.8, 4) is 5.75 Å². The Balaban J connectivity index is 2.52. The second-order valence-electron chi connectivity index (χ2n) is 3.86. The van der Waals surface area contributed by atoms with Crippen LogP contribution in [0.15, 0.2) is 18.2 Å². The Kier molecular flexibility index (Phi) is 5.55. The van der Waals surface area contributed by atoms with Gasteiger partial charge in [0.2, 0.25) is 0 Å². The van der Waals surface area contributed by atoms with E-state index < -0.39 is 15.7 Å². The van der Waals surface area contributed by atoms with E-state index in [1.807, 2.05) is 0 Å². The molecule has 0 atom stereocenters. The summed E-state index contributed by atoms with van der Waals surface area (Å²) in [5, 5.41) is 0. The highest BCUT2D eigenvalue weighted by molar-refractivity contribution is 7.91. The van der Waals surface area contributed by atoms with Crippen LogP contribution in [0.3, 0.4) is 0 Å². The molecule has 4 nitrogen and oxygen atoms in total. The molecule has 2 N–H and O–H groups in total. The molecule has 0 fully saturated rings. The largest absolute Gasteiger partial charge is 0.493 e. The van der Waals surface area contributed by atoms with Crippen molar-refractivity contribution in [1.29, 1.82) is 0 Å². The van der Waals surface area contributed by atoms with Crippen LogP contribution in [0.25, 0.3) is 0 Å². The molecule has 1 aromatic carbocycles. The highest BCUT2D eigenvalue weighted by atomic mass is 32.2. The molecule has 0 aliphatic carbocycles. The number of hydrogen-bond acceptors (Lipinski definition) is 4. The van der Waals surface area contributed by atoms with Gasteiger partial charge < -0.3 is 10.5 Å². The Bertz CT molecular complexity index is 488. The third-order valence-corrected chi connectivity index (χ3v) is 4.37. The summed E-state index contributed by atoms with van der Waals surface area (Å²) in [5.41, 5.74) is 5.75. The van der Waals surface area contributed by atoms with Gasteiger partial charge in [-0.15, -0.1) is 0 Å². The van der Waals surface area contributed by atoms with Gasteiger partial charge in [-0.3, -0.25) is 0 Å². The van der Waals surface area contributed by atoms with E-state index in [0.717, 1.165) is 0 Å². The van der Waals surface area contributed by atoms with Crippen LogP contribution in [0, 0.1) is 5.82 Å². The minimum atomic E-state index is -2.98. The van der Waals surface area contributed by atoms with Crippen LogP contribution in [-0.4, -0.2) is 26.5 Å². The first-order valence-corrected chi connectivity index (χ1v) is 7.63. The van der Waals surface area contributed by atoms with Gasteiger partial charge in [-0.2, -0.15) is 0 Å². The lowest BCUT2D eigenvalue weighted by Gasteiger charge is -2.10. The minimum absolute atomic E-state index is 0.0509. The minimum Gasteiger partial charge on any atom is -0.493 e. The maximum absolute atomic E-state index is 13.3. The highest BCUT2D eigenvalue weighted by Crippen LogP contribution is 2.20. The Morgan fingerprint density at radius 1 is 1.39 bits per heavy atom. The van der Waals surface area contributed by atoms with E-state index in [-0.39, 0.29) is 24.7 Å². The first-order chi connectivity index (χ1) is 8.50. The van der Waals surface area contributed by atoms with Gasteiger partial charge in [0.1, 0.15) is 21.4 Å². The van der Waals surface area contributed by atoms with Crippen molar-refractivity contribution in [3.63, 3.8) is 0 Å². The first kappa shape index (κ1) is 14.9. The highest BCUT2D eigenvalue weighted by Gasteiger charge is 2.09. The third-order valence-electron chi connectivity index (χ3n) is 2.58. The molecule has 0 aromatic heterocycles. The van der Waals surface area contributed by atoms with Crippen molar-refractivity contribution >= 4 is 9.84 Å². The van der Waals surface area contributed by atoms with Gasteiger partial charge in [-0.25, -0.2) is 12.8 Å². The Labute approximate surface area is 107 Å². The molecule has 102 valence electrons. The predicted molar refractivity (Wildman–Crippen MR) is 68.7 cm³/mol. The van der Waals surface area contributed by atoms with Gasteiger partial charge in [0.05, 0.1) is 12.4 Å². The molecule has 0 aliphatic rings. The van der Waals surface area contributed by atoms with Crippen molar-refractivity contribution in [3.05, 3.63) is 29.6 Å². The molecule has 1 aromatic rings. The summed E-state index contributed by atoms with van der Waals surface area (Å²) >= 11 is 0. The van der Waals surface area contributed by atoms with E-state index in [9.17, 15) is 12.8 Å². The number of ether oxygens (including phenoxy) is 1. The van der Waals surface area contributed by atoms with Crippen LogP contribution in [0.4, 0.5) is 4.39 Å². The fraction of sp³-hybridized carbons (Fsp3) is 0.500. The van der Waals surface area contributed by atoms with Gasteiger partial charge in [0, 0.05) is 17.9 Å². The second kappa shape index (κ2) is 6.70. The van der Waals surface area contributed by atoms with E-state index in [1.54, 1.807) is 13.0 Å². The Morgan fingerprint density at radius 3 is 2.72 bits per heavy atom. The molecule has 0 aliphatic heterocycles. The summed E-state index contributed by atoms with van der Waals surface area (Å²) in [6.07, 6.45) is 0.386. The average Bonchev–Trinajstić information content (AvgIpc) is 2.35. The van der Waals surface area contributed by atoms with Crippen LogP contribution >= 0.6 is 0 Å². The molecule has 18 heavy (non-hydrogen) atoms. The van der Waals surface area contributed by atoms with Gasteiger partial charge in [-0.05, 0) is 18.6 Å². The van der Waals surface area contributed by atoms with Gasteiger partial charge in [0.25, 0.3) is 0 Å². The van der Waals surface area contributed by atoms with Crippen molar-refractivity contribution in [2.75, 3.05) is 18.1 Å². The monoisotopic (exact) mass is 275 g/mol. The smallest absolute Gasteiger partial charge is 0.150 e. The maximum Gasteiger partial charge on any atom is 0.150 e. The molecule has 0 amide bonds. The van der Waals surface area contributed by atoms with E-state index in [2.05, 4.69) is 0 Å². The summed E-state index contributed by atoms with van der Waals surface area (Å²) in [7, 11) is -2.98. The Morgan fingerprint density at radius 2 is 2.11 bits per heavy atom. The van der Waals surface area contributed by atoms with E-state index in [4.69, 9.17) is 10.5 Å². The lowest BCUT2D eigenvalue weighted by Crippen LogP contribution is -2.12. The molecular formula is C12H18FNO3S. The van der Waals surface area contributed by atoms with Crippen LogP contribution in [0.1, 0.15) is 18.9 Å². The molecule has 0 radical (unpaired) electrons. The van der Waals surface area contributed by atoms with Crippen molar-refractivity contribution < 1.29 is 17.5 Å². The molecule has 6 heteroatoms. The summed E-state index contributed by atoms with van der Waals surface area (Å²) in [4.78, 5) is 0. The number of rotatable bonds is 7. The fourth-order valence-corrected chi connectivity index (χ4v) is 2.32. The second-order valence-corrected chi connectivity index (χ2v) is 6.33. The normalized spacial score (nSPS) is 11.5. The van der Waals surface area contributed by atoms with Crippen molar-refractivity contribution in [2.24, 2.45) is 5.73 Å². The van der Waals surface area contributed by atoms with Crippen molar-refractivity contribution in [1.82, 2.24) is 0 Å². The molecule has 0 heterocycles. The lowest BCUT2D eigenvalue weighted by molar-refractivity contribution is 0.312. The fourth-order valence-electron chi connectivity index (χ4n) is 1.48. The van der Waals surface area contributed by atoms with Crippen LogP contribution < -0.4 is 10.5 Å². The zero-order valence-electron chi connectivity index (χ0n) is 10.4. The van der Waals surface area contributed by atoms with E-state index >= 15 is 0 Å². The molecule has 1 rings (SSSR count). The zero-order valence-corrected chi connectivity index (χ0v) is 11.2. The molecule has 0 saturated carbocycles. The Hall–Kier alpha value is -1.14. The summed E-state index contributed by atoms with van der Waals surface area (Å²) in [6.45, 7) is 1.89. The third kappa shape index (κ3) is 4.27. The maximum atomic E-state index is 13.3. The standard InChI is InChI=1S/C12H18FNO3S/c1-2-18(15,16)8-4-7-17-12-6-3-5-11(13)10(12)9-14/h3,5-6H,2,4,7-9,14H2,1H3. The number of sulfone groups is 1. The SMILES string of the molecule is CCS(=O)(=O)CCCOc1cccc(F)c1CN. The molecule has 0 saturated heterocycles. The molecule has 0 unspecified atom stereocenters. The number of halogens is 1. The van der Waals surface area contributed by atoms with Gasteiger partial charge >= 0.3 is 0 Å². The number of benzene rings is 1. The first-order valence-electron chi connectivity index (χ1n) is 5.81. The molecule has 0 spiro atoms. The molecule has 0 bridgehead atoms. The van der Waals surface area contributed by atoms with Crippen LogP contribution in [0.2, 0.25) is 0 Å². The zero-order chi connectivity index (χ0) is 13.6. The average molecular weight is 275 g/mol. The van der Waals surface area contributed by atoms with Gasteiger partial charge in [0.15, 0.2) is 0 Å². The summed E-state index contributed by atoms with van der Waals surface area (Å²) < 4.78 is 41.2. The number of hydrogen-bond donors (Lipinski definition) is 1. The lowest BCUT2D eigenvalue weighted by atomic mass is 10.2. The number of nitrogens with two attached hydrogens (primary N) is 1.